The van der Waals surface area contributed by atoms with Crippen LogP contribution < -0.4 is 4.74 Å². The first-order valence-corrected chi connectivity index (χ1v) is 16.6. The van der Waals surface area contributed by atoms with Crippen LogP contribution in [-0.4, -0.2) is 51.1 Å². The number of rotatable bonds is 16. The Labute approximate surface area is 267 Å². The summed E-state index contributed by atoms with van der Waals surface area (Å²) in [5, 5.41) is 0. The Hall–Kier alpha value is -3.42. The van der Waals surface area contributed by atoms with Crippen molar-refractivity contribution in [2.75, 3.05) is 33.0 Å². The van der Waals surface area contributed by atoms with Gasteiger partial charge in [-0.05, 0) is 91.7 Å². The predicted octanol–water partition coefficient (Wildman–Crippen LogP) is 7.65. The van der Waals surface area contributed by atoms with Gasteiger partial charge in [0, 0.05) is 23.3 Å². The Morgan fingerprint density at radius 1 is 1.02 bits per heavy atom. The van der Waals surface area contributed by atoms with Gasteiger partial charge in [0.2, 0.25) is 0 Å². The van der Waals surface area contributed by atoms with E-state index in [1.165, 1.54) is 55.2 Å². The zero-order chi connectivity index (χ0) is 31.6. The minimum Gasteiger partial charge on any atom is -0.489 e. The number of esters is 2. The first-order chi connectivity index (χ1) is 21.9. The van der Waals surface area contributed by atoms with Crippen LogP contribution in [0.4, 0.5) is 0 Å². The van der Waals surface area contributed by atoms with Crippen molar-refractivity contribution < 1.29 is 33.3 Å². The first-order valence-electron chi connectivity index (χ1n) is 16.6. The van der Waals surface area contributed by atoms with Crippen molar-refractivity contribution in [1.82, 2.24) is 0 Å². The number of unbranched alkanes of at least 4 members (excludes halogenated alkanes) is 1. The largest absolute Gasteiger partial charge is 0.489 e. The molecule has 1 saturated carbocycles. The van der Waals surface area contributed by atoms with Crippen LogP contribution in [-0.2, 0) is 41.6 Å². The number of cyclic esters (lactones) is 1. The summed E-state index contributed by atoms with van der Waals surface area (Å²) in [7, 11) is 0. The molecule has 0 amide bonds. The molecule has 2 heterocycles. The summed E-state index contributed by atoms with van der Waals surface area (Å²) in [5.41, 5.74) is 7.06. The van der Waals surface area contributed by atoms with Crippen LogP contribution in [0.5, 0.6) is 5.75 Å². The summed E-state index contributed by atoms with van der Waals surface area (Å²) in [4.78, 5) is 23.6. The van der Waals surface area contributed by atoms with Gasteiger partial charge in [-0.3, -0.25) is 4.79 Å². The maximum atomic E-state index is 12.2. The van der Waals surface area contributed by atoms with Crippen LogP contribution in [0.1, 0.15) is 87.8 Å². The average Bonchev–Trinajstić information content (AvgIpc) is 3.89. The van der Waals surface area contributed by atoms with Crippen LogP contribution in [0, 0.1) is 5.92 Å². The van der Waals surface area contributed by atoms with E-state index in [0.29, 0.717) is 30.0 Å². The fraction of sp³-hybridized carbons (Fsp3) is 0.526. The molecule has 1 aliphatic carbocycles. The summed E-state index contributed by atoms with van der Waals surface area (Å²) in [6, 6.07) is 13.0. The number of ether oxygens (including phenoxy) is 5. The molecule has 5 rings (SSSR count). The second kappa shape index (κ2) is 16.2. The molecule has 7 nitrogen and oxygen atoms in total. The smallest absolute Gasteiger partial charge is 0.333 e. The van der Waals surface area contributed by atoms with E-state index in [-0.39, 0.29) is 25.6 Å². The Bertz CT molecular complexity index is 1360. The van der Waals surface area contributed by atoms with E-state index in [2.05, 4.69) is 43.8 Å². The lowest BCUT2D eigenvalue weighted by molar-refractivity contribution is -0.142. The van der Waals surface area contributed by atoms with E-state index in [9.17, 15) is 9.59 Å². The second-order valence-corrected chi connectivity index (χ2v) is 12.7. The van der Waals surface area contributed by atoms with Crippen molar-refractivity contribution in [3.8, 4) is 16.9 Å². The van der Waals surface area contributed by atoms with Crippen LogP contribution in [0.3, 0.4) is 0 Å². The number of aryl methyl sites for hydroxylation is 1. The van der Waals surface area contributed by atoms with Crippen LogP contribution in [0.2, 0.25) is 0 Å². The van der Waals surface area contributed by atoms with E-state index in [1.807, 2.05) is 12.1 Å². The Morgan fingerprint density at radius 2 is 1.84 bits per heavy atom. The van der Waals surface area contributed by atoms with Crippen LogP contribution in [0.15, 0.2) is 60.2 Å². The third-order valence-corrected chi connectivity index (χ3v) is 9.15. The predicted molar refractivity (Wildman–Crippen MR) is 174 cm³/mol. The van der Waals surface area contributed by atoms with Gasteiger partial charge in [0.05, 0.1) is 19.6 Å². The molecule has 45 heavy (non-hydrogen) atoms. The van der Waals surface area contributed by atoms with Crippen molar-refractivity contribution in [3.05, 3.63) is 76.9 Å². The normalized spacial score (nSPS) is 21.1. The highest BCUT2D eigenvalue weighted by molar-refractivity contribution is 5.87. The standard InChI is InChI=1S/C38H48O7/c1-4-29-19-31(30-11-8-27(9-12-30)7-5-6-18-41-24-34-25-42-34)13-15-35(29)32-14-16-36(33(20-32)23-45-38(40)26(2)3)43-21-28-10-17-37(39)44-22-28/h10,13-16,19-20,27,30,34H,2,4-9,11-12,17-18,21-25H2,1,3H3. The number of carbonyl (C=O) groups excluding carboxylic acids is 2. The summed E-state index contributed by atoms with van der Waals surface area (Å²) >= 11 is 0. The van der Waals surface area contributed by atoms with Gasteiger partial charge in [-0.1, -0.05) is 56.7 Å². The topological polar surface area (TPSA) is 83.6 Å². The Kier molecular flexibility index (Phi) is 11.9. The molecule has 1 unspecified atom stereocenters. The molecule has 0 spiro atoms. The van der Waals surface area contributed by atoms with Gasteiger partial charge in [-0.2, -0.15) is 0 Å². The molecule has 2 aliphatic heterocycles. The van der Waals surface area contributed by atoms with Gasteiger partial charge < -0.3 is 23.7 Å². The quantitative estimate of drug-likeness (QED) is 0.0630. The number of hydrogen-bond acceptors (Lipinski definition) is 7. The molecule has 3 aliphatic rings. The molecule has 2 aromatic rings. The molecule has 1 atom stereocenters. The third-order valence-electron chi connectivity index (χ3n) is 9.15. The van der Waals surface area contributed by atoms with E-state index >= 15 is 0 Å². The molecule has 1 saturated heterocycles. The number of hydrogen-bond donors (Lipinski definition) is 0. The highest BCUT2D eigenvalue weighted by Gasteiger charge is 2.24. The van der Waals surface area contributed by atoms with Crippen LogP contribution >= 0.6 is 0 Å². The lowest BCUT2D eigenvalue weighted by Crippen LogP contribution is -2.17. The van der Waals surface area contributed by atoms with Gasteiger partial charge in [0.1, 0.15) is 31.7 Å². The molecule has 2 fully saturated rings. The zero-order valence-corrected chi connectivity index (χ0v) is 26.9. The minimum atomic E-state index is -0.435. The fourth-order valence-electron chi connectivity index (χ4n) is 6.30. The van der Waals surface area contributed by atoms with Crippen molar-refractivity contribution in [2.24, 2.45) is 5.92 Å². The molecule has 0 aromatic heterocycles. The summed E-state index contributed by atoms with van der Waals surface area (Å²) in [6.45, 7) is 10.6. The van der Waals surface area contributed by atoms with Gasteiger partial charge in [0.15, 0.2) is 0 Å². The molecule has 2 aromatic carbocycles. The van der Waals surface area contributed by atoms with E-state index in [1.54, 1.807) is 6.92 Å². The summed E-state index contributed by atoms with van der Waals surface area (Å²) in [6.07, 6.45) is 12.2. The molecule has 0 N–H and O–H groups in total. The lowest BCUT2D eigenvalue weighted by atomic mass is 9.76. The van der Waals surface area contributed by atoms with Crippen LogP contribution in [0.25, 0.3) is 11.1 Å². The van der Waals surface area contributed by atoms with Gasteiger partial charge in [-0.25, -0.2) is 4.79 Å². The Morgan fingerprint density at radius 3 is 2.56 bits per heavy atom. The maximum absolute atomic E-state index is 12.2. The highest BCUT2D eigenvalue weighted by Crippen LogP contribution is 2.39. The van der Waals surface area contributed by atoms with Gasteiger partial charge in [-0.15, -0.1) is 0 Å². The van der Waals surface area contributed by atoms with Crippen molar-refractivity contribution in [2.45, 2.75) is 90.3 Å². The second-order valence-electron chi connectivity index (χ2n) is 12.7. The molecule has 7 heteroatoms. The number of benzene rings is 2. The summed E-state index contributed by atoms with van der Waals surface area (Å²) in [5.74, 6) is 1.42. The molecular formula is C38H48O7. The monoisotopic (exact) mass is 616 g/mol. The third kappa shape index (κ3) is 9.78. The lowest BCUT2D eigenvalue weighted by Gasteiger charge is -2.29. The SMILES string of the molecule is C=C(C)C(=O)OCc1cc(-c2ccc(C3CCC(CCCCOCC4CO4)CC3)cc2CC)ccc1OCC1=CCC(=O)OC1. The van der Waals surface area contributed by atoms with Crippen molar-refractivity contribution in [3.63, 3.8) is 0 Å². The molecule has 242 valence electrons. The van der Waals surface area contributed by atoms with E-state index < -0.39 is 5.97 Å². The first kappa shape index (κ1) is 33.0. The van der Waals surface area contributed by atoms with Gasteiger partial charge in [0.25, 0.3) is 0 Å². The number of epoxide rings is 1. The minimum absolute atomic E-state index is 0.0775. The summed E-state index contributed by atoms with van der Waals surface area (Å²) < 4.78 is 27.7. The Balaban J connectivity index is 1.21. The molecule has 0 radical (unpaired) electrons. The average molecular weight is 617 g/mol. The number of carbonyl (C=O) groups is 2. The maximum Gasteiger partial charge on any atom is 0.333 e. The van der Waals surface area contributed by atoms with Crippen molar-refractivity contribution in [1.29, 1.82) is 0 Å². The van der Waals surface area contributed by atoms with E-state index in [0.717, 1.165) is 55.3 Å². The highest BCUT2D eigenvalue weighted by atomic mass is 16.6. The molecular weight excluding hydrogens is 568 g/mol. The van der Waals surface area contributed by atoms with Gasteiger partial charge >= 0.3 is 11.9 Å². The fourth-order valence-corrected chi connectivity index (χ4v) is 6.30. The zero-order valence-electron chi connectivity index (χ0n) is 26.9. The molecule has 0 bridgehead atoms. The van der Waals surface area contributed by atoms with E-state index in [4.69, 9.17) is 23.7 Å². The van der Waals surface area contributed by atoms with Crippen molar-refractivity contribution >= 4 is 11.9 Å².